The maximum atomic E-state index is 6.77. The first kappa shape index (κ1) is 36.4. The normalized spacial score (nSPS) is 15.6. The standard InChI is InChI=1S/C58H37N5OS/c1-3-15-35(16-4-1)57-59-34-45(60-58(61-57)36-17-5-2-6-18-36)42-28-27-37(62-46-23-11-8-22-44(46)54-49(62)32-30-41-39-20-10-14-26-52(39)65-56(41)54)33-50(42)63-47-24-12-7-21-43(47)53-48(63)31-29-40-38-19-9-13-25-51(38)64-55(40)53/h1-17,19-33,36H,18,34H2. The van der Waals surface area contributed by atoms with E-state index in [4.69, 9.17) is 19.4 Å². The van der Waals surface area contributed by atoms with Gasteiger partial charge < -0.3 is 13.6 Å². The van der Waals surface area contributed by atoms with Crippen molar-refractivity contribution < 1.29 is 4.42 Å². The van der Waals surface area contributed by atoms with Crippen molar-refractivity contribution in [3.8, 4) is 11.4 Å². The third-order valence-corrected chi connectivity index (χ3v) is 14.5. The lowest BCUT2D eigenvalue weighted by Crippen LogP contribution is -2.16. The molecule has 0 fully saturated rings. The molecule has 8 aromatic carbocycles. The SMILES string of the molecule is C1=CCC(C2=NC(c3ccccc3)=NCC(c3ccc(-n4c5ccccc5c5c6sc7ccccc7c6ccc54)cc3-n3c4ccccc4c4c5oc6ccccc6c5ccc43)=N2)C=C1. The van der Waals surface area contributed by atoms with Crippen molar-refractivity contribution in [3.05, 3.63) is 205 Å². The molecule has 4 aromatic heterocycles. The predicted molar refractivity (Wildman–Crippen MR) is 273 cm³/mol. The summed E-state index contributed by atoms with van der Waals surface area (Å²) >= 11 is 1.88. The van der Waals surface area contributed by atoms with Gasteiger partial charge in [-0.15, -0.1) is 11.3 Å². The molecular formula is C58H37N5OS. The van der Waals surface area contributed by atoms with Crippen LogP contribution in [0.5, 0.6) is 0 Å². The Morgan fingerprint density at radius 3 is 2.09 bits per heavy atom. The van der Waals surface area contributed by atoms with Crippen molar-refractivity contribution in [2.24, 2.45) is 20.9 Å². The van der Waals surface area contributed by atoms with Crippen molar-refractivity contribution in [2.75, 3.05) is 6.54 Å². The molecule has 0 bridgehead atoms. The number of aromatic nitrogens is 2. The summed E-state index contributed by atoms with van der Waals surface area (Å²) < 4.78 is 14.2. The number of rotatable bonds is 5. The number of hydrogen-bond acceptors (Lipinski definition) is 5. The van der Waals surface area contributed by atoms with Gasteiger partial charge in [0.25, 0.3) is 0 Å². The van der Waals surface area contributed by atoms with E-state index in [1.807, 2.05) is 35.6 Å². The molecule has 1 unspecified atom stereocenters. The van der Waals surface area contributed by atoms with Gasteiger partial charge in [-0.3, -0.25) is 4.99 Å². The van der Waals surface area contributed by atoms with Gasteiger partial charge >= 0.3 is 0 Å². The second-order valence-corrected chi connectivity index (χ2v) is 18.0. The number of para-hydroxylation sites is 3. The van der Waals surface area contributed by atoms with Crippen LogP contribution in [0.1, 0.15) is 17.5 Å². The fourth-order valence-electron chi connectivity index (χ4n) is 10.4. The van der Waals surface area contributed by atoms with E-state index in [0.29, 0.717) is 12.4 Å². The highest BCUT2D eigenvalue weighted by molar-refractivity contribution is 7.26. The summed E-state index contributed by atoms with van der Waals surface area (Å²) in [6, 6.07) is 60.9. The number of benzene rings is 8. The minimum atomic E-state index is 0.0164. The predicted octanol–water partition coefficient (Wildman–Crippen LogP) is 14.9. The van der Waals surface area contributed by atoms with Crippen LogP contribution < -0.4 is 0 Å². The molecule has 0 radical (unpaired) electrons. The van der Waals surface area contributed by atoms with Gasteiger partial charge in [0, 0.05) is 69.8 Å². The molecule has 0 N–H and O–H groups in total. The summed E-state index contributed by atoms with van der Waals surface area (Å²) in [5.41, 5.74) is 11.1. The van der Waals surface area contributed by atoms with E-state index in [1.165, 1.54) is 36.5 Å². The fraction of sp³-hybridized carbons (Fsp3) is 0.0517. The Hall–Kier alpha value is -8.13. The van der Waals surface area contributed by atoms with Crippen LogP contribution in [0.15, 0.2) is 214 Å². The van der Waals surface area contributed by atoms with E-state index in [-0.39, 0.29) is 5.92 Å². The van der Waals surface area contributed by atoms with Crippen LogP contribution in [0.25, 0.3) is 97.1 Å². The Bertz CT molecular complexity index is 4130. The fourth-order valence-corrected chi connectivity index (χ4v) is 11.7. The molecule has 5 heterocycles. The van der Waals surface area contributed by atoms with E-state index in [1.54, 1.807) is 0 Å². The van der Waals surface area contributed by atoms with Gasteiger partial charge in [0.15, 0.2) is 5.84 Å². The van der Waals surface area contributed by atoms with Crippen molar-refractivity contribution in [3.63, 3.8) is 0 Å². The van der Waals surface area contributed by atoms with Crippen molar-refractivity contribution >= 4 is 114 Å². The van der Waals surface area contributed by atoms with E-state index in [9.17, 15) is 0 Å². The molecule has 1 aliphatic carbocycles. The number of hydrogen-bond donors (Lipinski definition) is 0. The second kappa shape index (κ2) is 14.2. The van der Waals surface area contributed by atoms with Crippen molar-refractivity contribution in [1.82, 2.24) is 9.13 Å². The van der Waals surface area contributed by atoms with Crippen LogP contribution in [0.2, 0.25) is 0 Å². The molecule has 65 heavy (non-hydrogen) atoms. The Kier molecular flexibility index (Phi) is 7.94. The number of aliphatic imine (C=N–C) groups is 3. The molecule has 14 rings (SSSR count). The molecular weight excluding hydrogens is 815 g/mol. The van der Waals surface area contributed by atoms with Gasteiger partial charge in [-0.2, -0.15) is 0 Å². The number of nitrogens with zero attached hydrogens (tertiary/aromatic N) is 5. The highest BCUT2D eigenvalue weighted by Crippen LogP contribution is 2.45. The Balaban J connectivity index is 1.07. The van der Waals surface area contributed by atoms with Gasteiger partial charge in [-0.05, 0) is 67.1 Å². The molecule has 2 aliphatic rings. The number of allylic oxidation sites excluding steroid dienone is 3. The third kappa shape index (κ3) is 5.49. The molecule has 0 amide bonds. The summed E-state index contributed by atoms with van der Waals surface area (Å²) in [7, 11) is 0. The maximum absolute atomic E-state index is 6.77. The summed E-state index contributed by atoms with van der Waals surface area (Å²) in [6.07, 6.45) is 9.43. The highest BCUT2D eigenvalue weighted by atomic mass is 32.1. The number of thiophene rings is 1. The molecule has 1 aliphatic heterocycles. The number of furan rings is 1. The van der Waals surface area contributed by atoms with Gasteiger partial charge in [-0.25, -0.2) is 9.98 Å². The second-order valence-electron chi connectivity index (χ2n) is 17.0. The van der Waals surface area contributed by atoms with Gasteiger partial charge in [-0.1, -0.05) is 133 Å². The zero-order valence-corrected chi connectivity index (χ0v) is 35.8. The smallest absolute Gasteiger partial charge is 0.157 e. The number of amidine groups is 2. The Labute approximate surface area is 376 Å². The highest BCUT2D eigenvalue weighted by Gasteiger charge is 2.26. The molecule has 6 nitrogen and oxygen atoms in total. The summed E-state index contributed by atoms with van der Waals surface area (Å²) in [5, 5.41) is 9.54. The molecule has 7 heteroatoms. The zero-order chi connectivity index (χ0) is 42.6. The maximum Gasteiger partial charge on any atom is 0.157 e. The average Bonchev–Trinajstić information content (AvgIpc) is 4.08. The van der Waals surface area contributed by atoms with Crippen LogP contribution in [0.3, 0.4) is 0 Å². The van der Waals surface area contributed by atoms with Crippen LogP contribution in [-0.2, 0) is 0 Å². The van der Waals surface area contributed by atoms with E-state index >= 15 is 0 Å². The zero-order valence-electron chi connectivity index (χ0n) is 35.0. The minimum Gasteiger partial charge on any atom is -0.455 e. The van der Waals surface area contributed by atoms with Crippen molar-refractivity contribution in [2.45, 2.75) is 6.42 Å². The summed E-state index contributed by atoms with van der Waals surface area (Å²) in [5.74, 6) is 1.47. The van der Waals surface area contributed by atoms with Crippen LogP contribution in [0, 0.1) is 5.92 Å². The first-order valence-electron chi connectivity index (χ1n) is 22.2. The minimum absolute atomic E-state index is 0.0164. The first-order chi connectivity index (χ1) is 32.2. The molecule has 12 aromatic rings. The first-order valence-corrected chi connectivity index (χ1v) is 23.0. The monoisotopic (exact) mass is 851 g/mol. The van der Waals surface area contributed by atoms with Crippen LogP contribution in [0.4, 0.5) is 0 Å². The lowest BCUT2D eigenvalue weighted by molar-refractivity contribution is 0.673. The number of fused-ring (bicyclic) bond motifs is 14. The molecule has 306 valence electrons. The lowest BCUT2D eigenvalue weighted by Gasteiger charge is -2.18. The molecule has 0 saturated heterocycles. The Morgan fingerprint density at radius 1 is 0.554 bits per heavy atom. The topological polar surface area (TPSA) is 60.1 Å². The summed E-state index contributed by atoms with van der Waals surface area (Å²) in [6.45, 7) is 0.361. The van der Waals surface area contributed by atoms with Gasteiger partial charge in [0.05, 0.1) is 45.4 Å². The Morgan fingerprint density at radius 2 is 1.26 bits per heavy atom. The lowest BCUT2D eigenvalue weighted by atomic mass is 9.99. The van der Waals surface area contributed by atoms with Gasteiger partial charge in [0.1, 0.15) is 17.0 Å². The van der Waals surface area contributed by atoms with E-state index < -0.39 is 0 Å². The third-order valence-electron chi connectivity index (χ3n) is 13.3. The molecule has 0 saturated carbocycles. The van der Waals surface area contributed by atoms with Crippen molar-refractivity contribution in [1.29, 1.82) is 0 Å². The average molecular weight is 852 g/mol. The molecule has 0 spiro atoms. The van der Waals surface area contributed by atoms with Crippen LogP contribution in [-0.4, -0.2) is 33.1 Å². The quantitative estimate of drug-likeness (QED) is 0.170. The van der Waals surface area contributed by atoms with Crippen LogP contribution >= 0.6 is 11.3 Å². The summed E-state index contributed by atoms with van der Waals surface area (Å²) in [4.78, 5) is 16.0. The molecule has 1 atom stereocenters. The van der Waals surface area contributed by atoms with Gasteiger partial charge in [0.2, 0.25) is 0 Å². The van der Waals surface area contributed by atoms with E-state index in [2.05, 4.69) is 179 Å². The van der Waals surface area contributed by atoms with E-state index in [0.717, 1.165) is 89.7 Å². The largest absolute Gasteiger partial charge is 0.455 e.